The van der Waals surface area contributed by atoms with Crippen LogP contribution in [0.15, 0.2) is 53.4 Å². The molecule has 0 radical (unpaired) electrons. The number of thiazole rings is 1. The minimum Gasteiger partial charge on any atom is -0.341 e. The Balaban J connectivity index is 1.36. The third-order valence-electron chi connectivity index (χ3n) is 5.15. The van der Waals surface area contributed by atoms with Gasteiger partial charge in [-0.1, -0.05) is 12.1 Å². The molecule has 1 aliphatic heterocycles. The van der Waals surface area contributed by atoms with Crippen molar-refractivity contribution in [1.29, 1.82) is 0 Å². The number of fused-ring (bicyclic) bond motifs is 1. The van der Waals surface area contributed by atoms with Crippen molar-refractivity contribution in [2.75, 3.05) is 26.2 Å². The summed E-state index contributed by atoms with van der Waals surface area (Å²) in [5, 5.41) is 0.930. The van der Waals surface area contributed by atoms with Gasteiger partial charge in [-0.3, -0.25) is 4.79 Å². The van der Waals surface area contributed by atoms with E-state index in [2.05, 4.69) is 4.98 Å². The maximum Gasteiger partial charge on any atom is 0.243 e. The lowest BCUT2D eigenvalue weighted by Gasteiger charge is -2.22. The van der Waals surface area contributed by atoms with Gasteiger partial charge in [0.1, 0.15) is 5.82 Å². The summed E-state index contributed by atoms with van der Waals surface area (Å²) < 4.78 is 41.2. The average Bonchev–Trinajstić information content (AvgIpc) is 2.98. The minimum absolute atomic E-state index is 0.00952. The molecule has 1 fully saturated rings. The highest BCUT2D eigenvalue weighted by Crippen LogP contribution is 2.23. The number of rotatable bonds is 5. The Morgan fingerprint density at radius 1 is 1.03 bits per heavy atom. The zero-order valence-electron chi connectivity index (χ0n) is 16.3. The number of carbonyl (C=O) groups excluding carboxylic acids is 1. The highest BCUT2D eigenvalue weighted by molar-refractivity contribution is 7.89. The Morgan fingerprint density at radius 3 is 2.57 bits per heavy atom. The second-order valence-corrected chi connectivity index (χ2v) is 10.2. The fourth-order valence-electron chi connectivity index (χ4n) is 3.54. The van der Waals surface area contributed by atoms with Crippen LogP contribution in [0.3, 0.4) is 0 Å². The molecule has 4 rings (SSSR count). The Kier molecular flexibility index (Phi) is 6.12. The largest absolute Gasteiger partial charge is 0.341 e. The third-order valence-corrected chi connectivity index (χ3v) is 8.16. The van der Waals surface area contributed by atoms with E-state index >= 15 is 0 Å². The lowest BCUT2D eigenvalue weighted by molar-refractivity contribution is -0.131. The SMILES string of the molecule is O=C(CCc1nc2ccccc2s1)N1CCCN(S(=O)(=O)c2ccc(F)cc2)CC1. The molecular formula is C21H22FN3O3S2. The van der Waals surface area contributed by atoms with Crippen LogP contribution in [0.1, 0.15) is 17.8 Å². The van der Waals surface area contributed by atoms with Crippen molar-refractivity contribution in [3.8, 4) is 0 Å². The smallest absolute Gasteiger partial charge is 0.243 e. The van der Waals surface area contributed by atoms with Crippen molar-refractivity contribution in [2.24, 2.45) is 0 Å². The molecule has 30 heavy (non-hydrogen) atoms. The number of amides is 1. The average molecular weight is 448 g/mol. The molecule has 0 spiro atoms. The van der Waals surface area contributed by atoms with Crippen LogP contribution in [0.5, 0.6) is 0 Å². The summed E-state index contributed by atoms with van der Waals surface area (Å²) in [6, 6.07) is 12.7. The van der Waals surface area contributed by atoms with Crippen molar-refractivity contribution in [3.63, 3.8) is 0 Å². The van der Waals surface area contributed by atoms with Crippen LogP contribution >= 0.6 is 11.3 Å². The molecule has 0 unspecified atom stereocenters. The van der Waals surface area contributed by atoms with E-state index in [1.165, 1.54) is 16.4 Å². The lowest BCUT2D eigenvalue weighted by Crippen LogP contribution is -2.37. The quantitative estimate of drug-likeness (QED) is 0.602. The van der Waals surface area contributed by atoms with Crippen LogP contribution in [0.25, 0.3) is 10.2 Å². The van der Waals surface area contributed by atoms with Gasteiger partial charge in [-0.2, -0.15) is 4.31 Å². The van der Waals surface area contributed by atoms with Crippen LogP contribution in [-0.4, -0.2) is 54.7 Å². The second-order valence-electron chi connectivity index (χ2n) is 7.17. The molecule has 0 N–H and O–H groups in total. The second kappa shape index (κ2) is 8.79. The number of halogens is 1. The highest BCUT2D eigenvalue weighted by Gasteiger charge is 2.28. The van der Waals surface area contributed by atoms with Crippen LogP contribution in [0, 0.1) is 5.82 Å². The van der Waals surface area contributed by atoms with Crippen molar-refractivity contribution in [2.45, 2.75) is 24.2 Å². The standard InChI is InChI=1S/C21H22FN3O3S2/c22-16-6-8-17(9-7-16)30(27,28)25-13-3-12-24(14-15-25)21(26)11-10-20-23-18-4-1-2-5-19(18)29-20/h1-2,4-9H,3,10-15H2. The van der Waals surface area contributed by atoms with Crippen molar-refractivity contribution >= 4 is 37.5 Å². The van der Waals surface area contributed by atoms with E-state index < -0.39 is 15.8 Å². The van der Waals surface area contributed by atoms with E-state index in [0.29, 0.717) is 38.9 Å². The zero-order valence-corrected chi connectivity index (χ0v) is 18.0. The highest BCUT2D eigenvalue weighted by atomic mass is 32.2. The van der Waals surface area contributed by atoms with E-state index in [1.54, 1.807) is 16.2 Å². The predicted octanol–water partition coefficient (Wildman–Crippen LogP) is 3.29. The third kappa shape index (κ3) is 4.53. The normalized spacial score (nSPS) is 16.0. The van der Waals surface area contributed by atoms with E-state index in [-0.39, 0.29) is 17.3 Å². The first-order valence-electron chi connectivity index (χ1n) is 9.81. The summed E-state index contributed by atoms with van der Waals surface area (Å²) in [4.78, 5) is 19.1. The molecule has 2 heterocycles. The van der Waals surface area contributed by atoms with E-state index in [1.807, 2.05) is 24.3 Å². The molecule has 6 nitrogen and oxygen atoms in total. The van der Waals surface area contributed by atoms with Gasteiger partial charge in [-0.15, -0.1) is 11.3 Å². The van der Waals surface area contributed by atoms with Gasteiger partial charge in [0, 0.05) is 39.0 Å². The fraction of sp³-hybridized carbons (Fsp3) is 0.333. The Morgan fingerprint density at radius 2 is 1.80 bits per heavy atom. The number of benzene rings is 2. The number of aryl methyl sites for hydroxylation is 1. The topological polar surface area (TPSA) is 70.6 Å². The van der Waals surface area contributed by atoms with Crippen LogP contribution in [0.4, 0.5) is 4.39 Å². The Hall–Kier alpha value is -2.36. The molecule has 1 aliphatic rings. The van der Waals surface area contributed by atoms with E-state index in [4.69, 9.17) is 0 Å². The Bertz CT molecular complexity index is 1110. The summed E-state index contributed by atoms with van der Waals surface area (Å²) in [6.45, 7) is 1.43. The predicted molar refractivity (Wildman–Crippen MR) is 114 cm³/mol. The number of para-hydroxylation sites is 1. The monoisotopic (exact) mass is 447 g/mol. The molecular weight excluding hydrogens is 425 g/mol. The maximum atomic E-state index is 13.1. The molecule has 0 atom stereocenters. The summed E-state index contributed by atoms with van der Waals surface area (Å²) in [6.07, 6.45) is 1.49. The first-order valence-corrected chi connectivity index (χ1v) is 12.1. The van der Waals surface area contributed by atoms with E-state index in [0.717, 1.165) is 27.4 Å². The number of carbonyl (C=O) groups is 1. The first kappa shape index (κ1) is 20.9. The fourth-order valence-corrected chi connectivity index (χ4v) is 5.97. The molecule has 0 bridgehead atoms. The van der Waals surface area contributed by atoms with Crippen molar-refractivity contribution < 1.29 is 17.6 Å². The van der Waals surface area contributed by atoms with Crippen LogP contribution in [-0.2, 0) is 21.2 Å². The molecule has 1 aromatic heterocycles. The Labute approximate surface area is 179 Å². The molecule has 2 aromatic carbocycles. The molecule has 3 aromatic rings. The molecule has 1 saturated heterocycles. The number of sulfonamides is 1. The number of nitrogens with zero attached hydrogens (tertiary/aromatic N) is 3. The van der Waals surface area contributed by atoms with Gasteiger partial charge in [0.2, 0.25) is 15.9 Å². The maximum absolute atomic E-state index is 13.1. The number of hydrogen-bond donors (Lipinski definition) is 0. The molecule has 9 heteroatoms. The molecule has 1 amide bonds. The summed E-state index contributed by atoms with van der Waals surface area (Å²) in [7, 11) is -3.70. The number of aromatic nitrogens is 1. The zero-order chi connectivity index (χ0) is 21.1. The minimum atomic E-state index is -3.70. The lowest BCUT2D eigenvalue weighted by atomic mass is 10.2. The van der Waals surface area contributed by atoms with Crippen molar-refractivity contribution in [1.82, 2.24) is 14.2 Å². The summed E-state index contributed by atoms with van der Waals surface area (Å²) >= 11 is 1.60. The van der Waals surface area contributed by atoms with E-state index in [9.17, 15) is 17.6 Å². The van der Waals surface area contributed by atoms with Gasteiger partial charge in [0.05, 0.1) is 20.1 Å². The number of hydrogen-bond acceptors (Lipinski definition) is 5. The van der Waals surface area contributed by atoms with Gasteiger partial charge in [0.15, 0.2) is 0 Å². The van der Waals surface area contributed by atoms with Gasteiger partial charge in [0.25, 0.3) is 0 Å². The van der Waals surface area contributed by atoms with Crippen molar-refractivity contribution in [3.05, 3.63) is 59.4 Å². The van der Waals surface area contributed by atoms with Crippen LogP contribution < -0.4 is 0 Å². The summed E-state index contributed by atoms with van der Waals surface area (Å²) in [5.41, 5.74) is 0.946. The van der Waals surface area contributed by atoms with Gasteiger partial charge in [-0.25, -0.2) is 17.8 Å². The van der Waals surface area contributed by atoms with Crippen LogP contribution in [0.2, 0.25) is 0 Å². The van der Waals surface area contributed by atoms with Gasteiger partial charge in [-0.05, 0) is 42.8 Å². The molecule has 158 valence electrons. The van der Waals surface area contributed by atoms with Gasteiger partial charge >= 0.3 is 0 Å². The summed E-state index contributed by atoms with van der Waals surface area (Å²) in [5.74, 6) is -0.468. The molecule has 0 saturated carbocycles. The van der Waals surface area contributed by atoms with Gasteiger partial charge < -0.3 is 4.90 Å². The first-order chi connectivity index (χ1) is 14.4. The molecule has 0 aliphatic carbocycles.